The summed E-state index contributed by atoms with van der Waals surface area (Å²) in [5.74, 6) is -0.883. The minimum atomic E-state index is -0.883. The molecule has 4 heteroatoms. The zero-order chi connectivity index (χ0) is 13.1. The summed E-state index contributed by atoms with van der Waals surface area (Å²) >= 11 is 0. The molecule has 1 aromatic rings. The Hall–Kier alpha value is -1.55. The normalized spacial score (nSPS) is 20.7. The van der Waals surface area contributed by atoms with E-state index in [1.165, 1.54) is 0 Å². The smallest absolute Gasteiger partial charge is 0.335 e. The van der Waals surface area contributed by atoms with Gasteiger partial charge in [0.1, 0.15) is 0 Å². The summed E-state index contributed by atoms with van der Waals surface area (Å²) in [7, 11) is 0. The number of ether oxygens (including phenoxy) is 1. The van der Waals surface area contributed by atoms with Gasteiger partial charge in [-0.05, 0) is 50.5 Å². The maximum absolute atomic E-state index is 10.9. The van der Waals surface area contributed by atoms with E-state index < -0.39 is 5.97 Å². The van der Waals surface area contributed by atoms with Crippen LogP contribution in [0.4, 0.5) is 5.69 Å². The molecule has 1 heterocycles. The van der Waals surface area contributed by atoms with Crippen LogP contribution in [0.5, 0.6) is 0 Å². The number of rotatable bonds is 4. The van der Waals surface area contributed by atoms with Crippen LogP contribution in [-0.4, -0.2) is 29.8 Å². The summed E-state index contributed by atoms with van der Waals surface area (Å²) in [6.07, 6.45) is 2.46. The molecule has 0 radical (unpaired) electrons. The Bertz CT molecular complexity index is 439. The zero-order valence-corrected chi connectivity index (χ0v) is 10.8. The minimum absolute atomic E-state index is 0.238. The van der Waals surface area contributed by atoms with Crippen molar-refractivity contribution >= 4 is 11.7 Å². The lowest BCUT2D eigenvalue weighted by atomic mass is 10.1. The van der Waals surface area contributed by atoms with Gasteiger partial charge in [-0.15, -0.1) is 0 Å². The van der Waals surface area contributed by atoms with Gasteiger partial charge in [0.15, 0.2) is 0 Å². The van der Waals surface area contributed by atoms with Crippen LogP contribution in [0.1, 0.15) is 35.7 Å². The number of benzene rings is 1. The molecule has 2 atom stereocenters. The number of anilines is 1. The van der Waals surface area contributed by atoms with Gasteiger partial charge in [-0.2, -0.15) is 0 Å². The lowest BCUT2D eigenvalue weighted by Crippen LogP contribution is -2.30. The molecule has 0 saturated carbocycles. The molecular formula is C14H19NO3. The molecule has 0 bridgehead atoms. The van der Waals surface area contributed by atoms with Crippen LogP contribution in [0, 0.1) is 6.92 Å². The van der Waals surface area contributed by atoms with E-state index in [4.69, 9.17) is 9.84 Å². The molecule has 0 aromatic heterocycles. The Morgan fingerprint density at radius 3 is 2.89 bits per heavy atom. The van der Waals surface area contributed by atoms with Gasteiger partial charge in [0.25, 0.3) is 0 Å². The third-order valence-corrected chi connectivity index (χ3v) is 3.37. The lowest BCUT2D eigenvalue weighted by molar-refractivity contribution is 0.0696. The Morgan fingerprint density at radius 2 is 2.33 bits per heavy atom. The van der Waals surface area contributed by atoms with E-state index in [1.807, 2.05) is 19.1 Å². The molecule has 2 rings (SSSR count). The number of nitrogens with one attached hydrogen (secondary N) is 1. The molecule has 4 nitrogen and oxygen atoms in total. The highest BCUT2D eigenvalue weighted by Gasteiger charge is 2.22. The third kappa shape index (κ3) is 2.82. The average molecular weight is 249 g/mol. The van der Waals surface area contributed by atoms with Crippen molar-refractivity contribution in [3.8, 4) is 0 Å². The predicted molar refractivity (Wildman–Crippen MR) is 70.2 cm³/mol. The Morgan fingerprint density at radius 1 is 1.56 bits per heavy atom. The third-order valence-electron chi connectivity index (χ3n) is 3.37. The second-order valence-electron chi connectivity index (χ2n) is 4.82. The Kier molecular flexibility index (Phi) is 3.87. The molecule has 1 aromatic carbocycles. The van der Waals surface area contributed by atoms with Crippen LogP contribution in [0.25, 0.3) is 0 Å². The molecular weight excluding hydrogens is 230 g/mol. The van der Waals surface area contributed by atoms with Crippen molar-refractivity contribution in [1.29, 1.82) is 0 Å². The quantitative estimate of drug-likeness (QED) is 0.861. The van der Waals surface area contributed by atoms with E-state index in [0.29, 0.717) is 5.56 Å². The molecule has 1 aliphatic rings. The first kappa shape index (κ1) is 12.9. The largest absolute Gasteiger partial charge is 0.478 e. The first-order valence-electron chi connectivity index (χ1n) is 6.30. The number of aromatic carboxylic acids is 1. The Balaban J connectivity index is 2.05. The van der Waals surface area contributed by atoms with E-state index in [2.05, 4.69) is 12.2 Å². The summed E-state index contributed by atoms with van der Waals surface area (Å²) in [6, 6.07) is 5.56. The van der Waals surface area contributed by atoms with Crippen LogP contribution < -0.4 is 5.32 Å². The molecule has 1 saturated heterocycles. The second-order valence-corrected chi connectivity index (χ2v) is 4.82. The lowest BCUT2D eigenvalue weighted by Gasteiger charge is -2.21. The fraction of sp³-hybridized carbons (Fsp3) is 0.500. The number of carboxylic acid groups (broad SMARTS) is 1. The monoisotopic (exact) mass is 249 g/mol. The summed E-state index contributed by atoms with van der Waals surface area (Å²) in [6.45, 7) is 4.75. The SMILES string of the molecule is Cc1cc(NC(C)C2CCCO2)ccc1C(=O)O. The molecule has 18 heavy (non-hydrogen) atoms. The highest BCUT2D eigenvalue weighted by atomic mass is 16.5. The summed E-state index contributed by atoms with van der Waals surface area (Å²) in [4.78, 5) is 10.9. The van der Waals surface area contributed by atoms with Crippen molar-refractivity contribution < 1.29 is 14.6 Å². The second kappa shape index (κ2) is 5.40. The van der Waals surface area contributed by atoms with Gasteiger partial charge in [-0.25, -0.2) is 4.79 Å². The van der Waals surface area contributed by atoms with Gasteiger partial charge in [0.2, 0.25) is 0 Å². The summed E-state index contributed by atoms with van der Waals surface area (Å²) in [5.41, 5.74) is 2.07. The molecule has 1 aliphatic heterocycles. The van der Waals surface area contributed by atoms with Crippen LogP contribution in [0.15, 0.2) is 18.2 Å². The van der Waals surface area contributed by atoms with Crippen LogP contribution >= 0.6 is 0 Å². The van der Waals surface area contributed by atoms with Crippen molar-refractivity contribution in [2.24, 2.45) is 0 Å². The van der Waals surface area contributed by atoms with E-state index in [0.717, 1.165) is 30.7 Å². The maximum atomic E-state index is 10.9. The number of hydrogen-bond donors (Lipinski definition) is 2. The highest BCUT2D eigenvalue weighted by Crippen LogP contribution is 2.21. The topological polar surface area (TPSA) is 58.6 Å². The van der Waals surface area contributed by atoms with Gasteiger partial charge in [0, 0.05) is 18.3 Å². The van der Waals surface area contributed by atoms with Gasteiger partial charge < -0.3 is 15.2 Å². The van der Waals surface area contributed by atoms with Gasteiger partial charge in [0.05, 0.1) is 11.7 Å². The van der Waals surface area contributed by atoms with E-state index in [9.17, 15) is 4.79 Å². The molecule has 0 aliphatic carbocycles. The van der Waals surface area contributed by atoms with Gasteiger partial charge in [-0.1, -0.05) is 0 Å². The minimum Gasteiger partial charge on any atom is -0.478 e. The van der Waals surface area contributed by atoms with Crippen molar-refractivity contribution in [1.82, 2.24) is 0 Å². The molecule has 0 spiro atoms. The molecule has 2 N–H and O–H groups in total. The fourth-order valence-corrected chi connectivity index (χ4v) is 2.35. The summed E-state index contributed by atoms with van der Waals surface area (Å²) in [5, 5.41) is 12.3. The number of aryl methyl sites for hydroxylation is 1. The van der Waals surface area contributed by atoms with E-state index in [1.54, 1.807) is 6.07 Å². The van der Waals surface area contributed by atoms with E-state index in [-0.39, 0.29) is 12.1 Å². The number of carbonyl (C=O) groups is 1. The zero-order valence-electron chi connectivity index (χ0n) is 10.8. The van der Waals surface area contributed by atoms with Crippen molar-refractivity contribution in [2.75, 3.05) is 11.9 Å². The van der Waals surface area contributed by atoms with Gasteiger partial charge in [-0.3, -0.25) is 0 Å². The van der Waals surface area contributed by atoms with Crippen molar-refractivity contribution in [3.63, 3.8) is 0 Å². The van der Waals surface area contributed by atoms with Crippen molar-refractivity contribution in [3.05, 3.63) is 29.3 Å². The highest BCUT2D eigenvalue weighted by molar-refractivity contribution is 5.89. The Labute approximate surface area is 107 Å². The number of hydrogen-bond acceptors (Lipinski definition) is 3. The molecule has 1 fully saturated rings. The standard InChI is InChI=1S/C14H19NO3/c1-9-8-11(5-6-12(9)14(16)17)15-10(2)13-4-3-7-18-13/h5-6,8,10,13,15H,3-4,7H2,1-2H3,(H,16,17). The van der Waals surface area contributed by atoms with Crippen LogP contribution in [0.2, 0.25) is 0 Å². The van der Waals surface area contributed by atoms with E-state index >= 15 is 0 Å². The summed E-state index contributed by atoms with van der Waals surface area (Å²) < 4.78 is 5.62. The van der Waals surface area contributed by atoms with Crippen LogP contribution in [-0.2, 0) is 4.74 Å². The number of carboxylic acids is 1. The first-order chi connectivity index (χ1) is 8.58. The van der Waals surface area contributed by atoms with Crippen LogP contribution in [0.3, 0.4) is 0 Å². The maximum Gasteiger partial charge on any atom is 0.335 e. The average Bonchev–Trinajstić information content (AvgIpc) is 2.81. The first-order valence-corrected chi connectivity index (χ1v) is 6.30. The molecule has 98 valence electrons. The molecule has 2 unspecified atom stereocenters. The predicted octanol–water partition coefficient (Wildman–Crippen LogP) is 2.67. The van der Waals surface area contributed by atoms with Crippen molar-refractivity contribution in [2.45, 2.75) is 38.8 Å². The fourth-order valence-electron chi connectivity index (χ4n) is 2.35. The molecule has 0 amide bonds. The van der Waals surface area contributed by atoms with Gasteiger partial charge >= 0.3 is 5.97 Å².